The molecule has 0 aliphatic heterocycles. The van der Waals surface area contributed by atoms with Gasteiger partial charge in [0.25, 0.3) is 5.69 Å². The Morgan fingerprint density at radius 2 is 1.71 bits per heavy atom. The lowest BCUT2D eigenvalue weighted by molar-refractivity contribution is -0.383. The van der Waals surface area contributed by atoms with E-state index < -0.39 is 4.92 Å². The molecule has 0 spiro atoms. The Labute approximate surface area is 206 Å². The van der Waals surface area contributed by atoms with E-state index in [4.69, 9.17) is 0 Å². The topological polar surface area (TPSA) is 115 Å². The SMILES string of the molecule is Cc1ccc(NCc2nnc(SCCC(=O)Nc3ccccc3[N+](=O)[O-])n2-c2ccccc2)cc1. The number of thioether (sulfide) groups is 1. The molecule has 4 rings (SSSR count). The molecule has 1 aromatic heterocycles. The highest BCUT2D eigenvalue weighted by atomic mass is 32.2. The average Bonchev–Trinajstić information content (AvgIpc) is 3.27. The van der Waals surface area contributed by atoms with Crippen LogP contribution in [0.25, 0.3) is 5.69 Å². The zero-order valence-electron chi connectivity index (χ0n) is 19.0. The van der Waals surface area contributed by atoms with Crippen LogP contribution in [0, 0.1) is 17.0 Å². The minimum Gasteiger partial charge on any atom is -0.378 e. The summed E-state index contributed by atoms with van der Waals surface area (Å²) in [4.78, 5) is 23.1. The van der Waals surface area contributed by atoms with Crippen molar-refractivity contribution in [1.82, 2.24) is 14.8 Å². The fourth-order valence-electron chi connectivity index (χ4n) is 3.38. The van der Waals surface area contributed by atoms with Crippen LogP contribution in [0.5, 0.6) is 0 Å². The fourth-order valence-corrected chi connectivity index (χ4v) is 4.29. The molecule has 0 unspecified atom stereocenters. The third kappa shape index (κ3) is 6.24. The molecular formula is C25H24N6O3S. The number of aromatic nitrogens is 3. The first kappa shape index (κ1) is 24.0. The maximum Gasteiger partial charge on any atom is 0.292 e. The van der Waals surface area contributed by atoms with Crippen LogP contribution >= 0.6 is 11.8 Å². The van der Waals surface area contributed by atoms with Gasteiger partial charge >= 0.3 is 0 Å². The Bertz CT molecular complexity index is 1310. The molecule has 0 saturated heterocycles. The second-order valence-electron chi connectivity index (χ2n) is 7.71. The van der Waals surface area contributed by atoms with Crippen LogP contribution < -0.4 is 10.6 Å². The number of carbonyl (C=O) groups excluding carboxylic acids is 1. The van der Waals surface area contributed by atoms with Crippen molar-refractivity contribution in [3.63, 3.8) is 0 Å². The van der Waals surface area contributed by atoms with Crippen LogP contribution in [0.1, 0.15) is 17.8 Å². The number of rotatable bonds is 10. The summed E-state index contributed by atoms with van der Waals surface area (Å²) >= 11 is 1.40. The zero-order valence-corrected chi connectivity index (χ0v) is 19.9. The summed E-state index contributed by atoms with van der Waals surface area (Å²) in [5.41, 5.74) is 3.14. The van der Waals surface area contributed by atoms with E-state index in [1.165, 1.54) is 29.5 Å². The molecule has 1 heterocycles. The summed E-state index contributed by atoms with van der Waals surface area (Å²) in [7, 11) is 0. The fraction of sp³-hybridized carbons (Fsp3) is 0.160. The minimum absolute atomic E-state index is 0.136. The van der Waals surface area contributed by atoms with Crippen molar-refractivity contribution in [3.8, 4) is 5.69 Å². The summed E-state index contributed by atoms with van der Waals surface area (Å²) in [5, 5.41) is 26.6. The molecule has 0 fully saturated rings. The second-order valence-corrected chi connectivity index (χ2v) is 8.77. The first-order valence-electron chi connectivity index (χ1n) is 11.0. The van der Waals surface area contributed by atoms with Crippen molar-refractivity contribution >= 4 is 34.7 Å². The van der Waals surface area contributed by atoms with E-state index in [2.05, 4.69) is 20.8 Å². The van der Waals surface area contributed by atoms with Gasteiger partial charge in [-0.3, -0.25) is 19.5 Å². The van der Waals surface area contributed by atoms with Crippen molar-refractivity contribution in [2.45, 2.75) is 25.0 Å². The summed E-state index contributed by atoms with van der Waals surface area (Å²) < 4.78 is 1.96. The van der Waals surface area contributed by atoms with Gasteiger partial charge in [0.1, 0.15) is 5.69 Å². The van der Waals surface area contributed by atoms with Gasteiger partial charge in [-0.15, -0.1) is 10.2 Å². The van der Waals surface area contributed by atoms with Gasteiger partial charge in [0.05, 0.1) is 11.5 Å². The van der Waals surface area contributed by atoms with E-state index in [0.717, 1.165) is 17.2 Å². The molecule has 0 atom stereocenters. The Morgan fingerprint density at radius 3 is 2.46 bits per heavy atom. The third-order valence-corrected chi connectivity index (χ3v) is 6.08. The van der Waals surface area contributed by atoms with Gasteiger partial charge in [-0.25, -0.2) is 0 Å². The predicted molar refractivity (Wildman–Crippen MR) is 137 cm³/mol. The lowest BCUT2D eigenvalue weighted by Gasteiger charge is -2.11. The quantitative estimate of drug-likeness (QED) is 0.179. The smallest absolute Gasteiger partial charge is 0.292 e. The molecule has 178 valence electrons. The van der Waals surface area contributed by atoms with Crippen LogP contribution in [0.2, 0.25) is 0 Å². The molecular weight excluding hydrogens is 464 g/mol. The van der Waals surface area contributed by atoms with E-state index in [-0.39, 0.29) is 23.7 Å². The van der Waals surface area contributed by atoms with E-state index in [0.29, 0.717) is 17.5 Å². The molecule has 2 N–H and O–H groups in total. The number of nitro benzene ring substituents is 1. The van der Waals surface area contributed by atoms with Crippen molar-refractivity contribution in [2.75, 3.05) is 16.4 Å². The van der Waals surface area contributed by atoms with Gasteiger partial charge in [0.15, 0.2) is 11.0 Å². The number of carbonyl (C=O) groups is 1. The van der Waals surface area contributed by atoms with Crippen molar-refractivity contribution < 1.29 is 9.72 Å². The molecule has 1 amide bonds. The normalized spacial score (nSPS) is 10.7. The van der Waals surface area contributed by atoms with Crippen LogP contribution in [0.3, 0.4) is 0 Å². The monoisotopic (exact) mass is 488 g/mol. The third-order valence-electron chi connectivity index (χ3n) is 5.15. The maximum atomic E-state index is 12.4. The molecule has 10 heteroatoms. The standard InChI is InChI=1S/C25H24N6O3S/c1-18-11-13-19(14-12-18)26-17-23-28-29-25(30(23)20-7-3-2-4-8-20)35-16-15-24(32)27-21-9-5-6-10-22(21)31(33)34/h2-14,26H,15-17H2,1H3,(H,27,32). The molecule has 3 aromatic carbocycles. The second kappa shape index (κ2) is 11.3. The highest BCUT2D eigenvalue weighted by Gasteiger charge is 2.17. The number of hydrogen-bond acceptors (Lipinski definition) is 7. The highest BCUT2D eigenvalue weighted by molar-refractivity contribution is 7.99. The summed E-state index contributed by atoms with van der Waals surface area (Å²) in [6.45, 7) is 2.52. The number of nitro groups is 1. The van der Waals surface area contributed by atoms with Crippen LogP contribution in [-0.4, -0.2) is 31.3 Å². The molecule has 0 aliphatic carbocycles. The molecule has 0 bridgehead atoms. The van der Waals surface area contributed by atoms with Crippen LogP contribution in [0.4, 0.5) is 17.1 Å². The Hall–Kier alpha value is -4.18. The number of amides is 1. The van der Waals surface area contributed by atoms with Crippen molar-refractivity contribution in [2.24, 2.45) is 0 Å². The molecule has 0 saturated carbocycles. The Balaban J connectivity index is 1.43. The number of para-hydroxylation sites is 3. The molecule has 4 aromatic rings. The Morgan fingerprint density at radius 1 is 1.00 bits per heavy atom. The first-order chi connectivity index (χ1) is 17.0. The highest BCUT2D eigenvalue weighted by Crippen LogP contribution is 2.25. The minimum atomic E-state index is -0.515. The van der Waals surface area contributed by atoms with Gasteiger partial charge in [-0.1, -0.05) is 59.8 Å². The van der Waals surface area contributed by atoms with Gasteiger partial charge in [-0.2, -0.15) is 0 Å². The van der Waals surface area contributed by atoms with E-state index in [1.54, 1.807) is 12.1 Å². The largest absolute Gasteiger partial charge is 0.378 e. The summed E-state index contributed by atoms with van der Waals surface area (Å²) in [5.74, 6) is 0.866. The van der Waals surface area contributed by atoms with Gasteiger partial charge in [0, 0.05) is 29.6 Å². The molecule has 0 aliphatic rings. The summed E-state index contributed by atoms with van der Waals surface area (Å²) in [6.07, 6.45) is 0.162. The maximum absolute atomic E-state index is 12.4. The van der Waals surface area contributed by atoms with Gasteiger partial charge in [-0.05, 0) is 37.3 Å². The zero-order chi connectivity index (χ0) is 24.6. The van der Waals surface area contributed by atoms with E-state index in [9.17, 15) is 14.9 Å². The number of aryl methyl sites for hydroxylation is 1. The number of benzene rings is 3. The summed E-state index contributed by atoms with van der Waals surface area (Å²) in [6, 6.07) is 24.0. The predicted octanol–water partition coefficient (Wildman–Crippen LogP) is 5.22. The van der Waals surface area contributed by atoms with Crippen molar-refractivity contribution in [1.29, 1.82) is 0 Å². The molecule has 9 nitrogen and oxygen atoms in total. The van der Waals surface area contributed by atoms with E-state index in [1.807, 2.05) is 66.1 Å². The average molecular weight is 489 g/mol. The lowest BCUT2D eigenvalue weighted by atomic mass is 10.2. The first-order valence-corrected chi connectivity index (χ1v) is 12.0. The molecule has 35 heavy (non-hydrogen) atoms. The van der Waals surface area contributed by atoms with E-state index >= 15 is 0 Å². The lowest BCUT2D eigenvalue weighted by Crippen LogP contribution is -2.13. The van der Waals surface area contributed by atoms with Gasteiger partial charge in [0.2, 0.25) is 5.91 Å². The Kier molecular flexibility index (Phi) is 7.74. The number of hydrogen-bond donors (Lipinski definition) is 2. The van der Waals surface area contributed by atoms with Gasteiger partial charge < -0.3 is 10.6 Å². The van der Waals surface area contributed by atoms with Crippen LogP contribution in [-0.2, 0) is 11.3 Å². The van der Waals surface area contributed by atoms with Crippen LogP contribution in [0.15, 0.2) is 84.0 Å². The number of nitrogens with zero attached hydrogens (tertiary/aromatic N) is 4. The molecule has 0 radical (unpaired) electrons. The number of anilines is 2. The number of nitrogens with one attached hydrogen (secondary N) is 2. The van der Waals surface area contributed by atoms with Crippen molar-refractivity contribution in [3.05, 3.63) is 100 Å².